The first-order valence-corrected chi connectivity index (χ1v) is 26.5. The van der Waals surface area contributed by atoms with E-state index in [0.717, 1.165) is 89.9 Å². The van der Waals surface area contributed by atoms with Crippen molar-refractivity contribution in [3.8, 4) is 0 Å². The quantitative estimate of drug-likeness (QED) is 0.0262. The van der Waals surface area contributed by atoms with E-state index in [9.17, 15) is 14.4 Å². The summed E-state index contributed by atoms with van der Waals surface area (Å²) >= 11 is 0. The lowest BCUT2D eigenvalue weighted by Gasteiger charge is -2.18. The summed E-state index contributed by atoms with van der Waals surface area (Å²) in [4.78, 5) is 38.0. The maximum atomic E-state index is 12.8. The van der Waals surface area contributed by atoms with Crippen LogP contribution < -0.4 is 0 Å². The molecule has 0 aromatic rings. The van der Waals surface area contributed by atoms with Gasteiger partial charge in [-0.25, -0.2) is 0 Å². The maximum absolute atomic E-state index is 12.8. The minimum Gasteiger partial charge on any atom is -0.462 e. The Kier molecular flexibility index (Phi) is 48.3. The Hall–Kier alpha value is -2.37. The minimum absolute atomic E-state index is 0.0764. The molecule has 0 radical (unpaired) electrons. The van der Waals surface area contributed by atoms with Crippen LogP contribution in [-0.4, -0.2) is 37.2 Å². The zero-order chi connectivity index (χ0) is 44.4. The second kappa shape index (κ2) is 50.3. The van der Waals surface area contributed by atoms with E-state index in [1.54, 1.807) is 0 Å². The summed E-state index contributed by atoms with van der Waals surface area (Å²) in [6.07, 6.45) is 58.4. The number of carbonyl (C=O) groups is 3. The van der Waals surface area contributed by atoms with Gasteiger partial charge in [0.05, 0.1) is 0 Å². The van der Waals surface area contributed by atoms with E-state index in [-0.39, 0.29) is 31.1 Å². The molecule has 0 fully saturated rings. The molecule has 0 aliphatic heterocycles. The number of hydrogen-bond acceptors (Lipinski definition) is 6. The van der Waals surface area contributed by atoms with Crippen molar-refractivity contribution in [2.24, 2.45) is 0 Å². The molecular formula is C55H100O6. The standard InChI is InChI=1S/C55H100O6/c1-4-7-10-13-16-19-22-25-26-27-28-29-31-33-36-39-42-45-48-54(57)60-51-52(50-59-53(56)47-44-41-38-35-32-24-21-18-15-12-9-6-3)61-55(58)49-46-43-40-37-34-30-23-20-17-14-11-8-5-2/h11,14,20,23,26-27,52H,4-10,12-13,15-19,21-22,24-25,28-51H2,1-3H3/b14-11-,23-20-,27-26-. The third-order valence-corrected chi connectivity index (χ3v) is 11.6. The van der Waals surface area contributed by atoms with Gasteiger partial charge in [0.2, 0.25) is 0 Å². The Morgan fingerprint density at radius 3 is 0.984 bits per heavy atom. The molecule has 0 rings (SSSR count). The van der Waals surface area contributed by atoms with Gasteiger partial charge in [0.1, 0.15) is 13.2 Å². The van der Waals surface area contributed by atoms with Crippen LogP contribution in [0.2, 0.25) is 0 Å². The average molecular weight is 857 g/mol. The summed E-state index contributed by atoms with van der Waals surface area (Å²) in [5.41, 5.74) is 0. The van der Waals surface area contributed by atoms with E-state index < -0.39 is 6.10 Å². The van der Waals surface area contributed by atoms with Gasteiger partial charge in [-0.15, -0.1) is 0 Å². The van der Waals surface area contributed by atoms with Crippen LogP contribution in [0.5, 0.6) is 0 Å². The molecule has 0 saturated heterocycles. The van der Waals surface area contributed by atoms with Crippen molar-refractivity contribution in [2.45, 2.75) is 284 Å². The maximum Gasteiger partial charge on any atom is 0.306 e. The molecule has 0 spiro atoms. The van der Waals surface area contributed by atoms with Crippen molar-refractivity contribution in [1.82, 2.24) is 0 Å². The lowest BCUT2D eigenvalue weighted by atomic mass is 10.0. The highest BCUT2D eigenvalue weighted by Gasteiger charge is 2.19. The second-order valence-corrected chi connectivity index (χ2v) is 17.8. The fourth-order valence-corrected chi connectivity index (χ4v) is 7.59. The predicted molar refractivity (Wildman–Crippen MR) is 261 cm³/mol. The van der Waals surface area contributed by atoms with Gasteiger partial charge >= 0.3 is 17.9 Å². The molecule has 1 atom stereocenters. The smallest absolute Gasteiger partial charge is 0.306 e. The molecule has 356 valence electrons. The fraction of sp³-hybridized carbons (Fsp3) is 0.836. The summed E-state index contributed by atoms with van der Waals surface area (Å²) in [7, 11) is 0. The summed E-state index contributed by atoms with van der Waals surface area (Å²) in [5, 5.41) is 0. The molecule has 1 unspecified atom stereocenters. The van der Waals surface area contributed by atoms with E-state index in [4.69, 9.17) is 14.2 Å². The Balaban J connectivity index is 4.34. The highest BCUT2D eigenvalue weighted by molar-refractivity contribution is 5.71. The number of unbranched alkanes of at least 4 members (excludes halogenated alkanes) is 31. The van der Waals surface area contributed by atoms with Gasteiger partial charge < -0.3 is 14.2 Å². The van der Waals surface area contributed by atoms with Crippen molar-refractivity contribution in [1.29, 1.82) is 0 Å². The third kappa shape index (κ3) is 48.5. The van der Waals surface area contributed by atoms with Crippen LogP contribution in [0.4, 0.5) is 0 Å². The fourth-order valence-electron chi connectivity index (χ4n) is 7.59. The van der Waals surface area contributed by atoms with Gasteiger partial charge in [-0.2, -0.15) is 0 Å². The van der Waals surface area contributed by atoms with Crippen molar-refractivity contribution < 1.29 is 28.6 Å². The van der Waals surface area contributed by atoms with Crippen molar-refractivity contribution in [2.75, 3.05) is 13.2 Å². The highest BCUT2D eigenvalue weighted by Crippen LogP contribution is 2.15. The predicted octanol–water partition coefficient (Wildman–Crippen LogP) is 17.3. The third-order valence-electron chi connectivity index (χ3n) is 11.6. The molecule has 6 nitrogen and oxygen atoms in total. The van der Waals surface area contributed by atoms with Crippen molar-refractivity contribution in [3.63, 3.8) is 0 Å². The van der Waals surface area contributed by atoms with Gasteiger partial charge in [-0.3, -0.25) is 14.4 Å². The zero-order valence-electron chi connectivity index (χ0n) is 40.7. The monoisotopic (exact) mass is 857 g/mol. The van der Waals surface area contributed by atoms with Crippen LogP contribution in [-0.2, 0) is 28.6 Å². The molecule has 0 amide bonds. The molecular weight excluding hydrogens is 757 g/mol. The van der Waals surface area contributed by atoms with Gasteiger partial charge in [0, 0.05) is 19.3 Å². The molecule has 0 saturated carbocycles. The molecule has 0 aromatic carbocycles. The van der Waals surface area contributed by atoms with Crippen LogP contribution in [0.3, 0.4) is 0 Å². The number of allylic oxidation sites excluding steroid dienone is 6. The molecule has 0 heterocycles. The van der Waals surface area contributed by atoms with E-state index in [1.807, 2.05) is 0 Å². The molecule has 6 heteroatoms. The van der Waals surface area contributed by atoms with E-state index in [2.05, 4.69) is 57.2 Å². The first-order valence-electron chi connectivity index (χ1n) is 26.5. The zero-order valence-corrected chi connectivity index (χ0v) is 40.7. The first kappa shape index (κ1) is 58.6. The highest BCUT2D eigenvalue weighted by atomic mass is 16.6. The molecule has 0 aromatic heterocycles. The number of rotatable bonds is 48. The Morgan fingerprint density at radius 1 is 0.328 bits per heavy atom. The molecule has 0 aliphatic carbocycles. The van der Waals surface area contributed by atoms with Gasteiger partial charge in [-0.1, -0.05) is 224 Å². The van der Waals surface area contributed by atoms with Crippen molar-refractivity contribution >= 4 is 17.9 Å². The summed E-state index contributed by atoms with van der Waals surface area (Å²) in [5.74, 6) is -0.885. The minimum atomic E-state index is -0.777. The lowest BCUT2D eigenvalue weighted by Crippen LogP contribution is -2.30. The Bertz CT molecular complexity index is 1030. The van der Waals surface area contributed by atoms with Crippen LogP contribution in [0, 0.1) is 0 Å². The Labute approximate surface area is 378 Å². The Morgan fingerprint density at radius 2 is 0.623 bits per heavy atom. The number of esters is 3. The lowest BCUT2D eigenvalue weighted by molar-refractivity contribution is -0.167. The van der Waals surface area contributed by atoms with E-state index in [1.165, 1.54) is 148 Å². The molecule has 0 bridgehead atoms. The normalized spacial score (nSPS) is 12.2. The van der Waals surface area contributed by atoms with Crippen LogP contribution in [0.1, 0.15) is 278 Å². The average Bonchev–Trinajstić information content (AvgIpc) is 3.26. The topological polar surface area (TPSA) is 78.9 Å². The first-order chi connectivity index (χ1) is 30.0. The van der Waals surface area contributed by atoms with Gasteiger partial charge in [-0.05, 0) is 70.6 Å². The van der Waals surface area contributed by atoms with E-state index in [0.29, 0.717) is 19.3 Å². The van der Waals surface area contributed by atoms with Crippen LogP contribution in [0.15, 0.2) is 36.5 Å². The van der Waals surface area contributed by atoms with Crippen LogP contribution >= 0.6 is 0 Å². The van der Waals surface area contributed by atoms with Gasteiger partial charge in [0.15, 0.2) is 6.10 Å². The summed E-state index contributed by atoms with van der Waals surface area (Å²) in [6, 6.07) is 0. The SMILES string of the molecule is CCC/C=C\C/C=C\CCCCCCCC(=O)OC(COC(=O)CCCCCCCCC/C=C\CCCCCCCCC)COC(=O)CCCCCCCCCCCCCC. The van der Waals surface area contributed by atoms with E-state index >= 15 is 0 Å². The number of ether oxygens (including phenoxy) is 3. The molecule has 0 aliphatic rings. The van der Waals surface area contributed by atoms with Gasteiger partial charge in [0.25, 0.3) is 0 Å². The number of hydrogen-bond donors (Lipinski definition) is 0. The molecule has 61 heavy (non-hydrogen) atoms. The van der Waals surface area contributed by atoms with Crippen molar-refractivity contribution in [3.05, 3.63) is 36.5 Å². The summed E-state index contributed by atoms with van der Waals surface area (Å²) < 4.78 is 16.8. The molecule has 0 N–H and O–H groups in total. The number of carbonyl (C=O) groups excluding carboxylic acids is 3. The second-order valence-electron chi connectivity index (χ2n) is 17.8. The van der Waals surface area contributed by atoms with Crippen LogP contribution in [0.25, 0.3) is 0 Å². The largest absolute Gasteiger partial charge is 0.462 e. The summed E-state index contributed by atoms with van der Waals surface area (Å²) in [6.45, 7) is 6.57.